The minimum Gasteiger partial charge on any atom is -0.347 e. The van der Waals surface area contributed by atoms with E-state index in [-0.39, 0.29) is 5.91 Å². The van der Waals surface area contributed by atoms with Gasteiger partial charge in [-0.3, -0.25) is 9.89 Å². The molecule has 1 aromatic heterocycles. The molecule has 4 nitrogen and oxygen atoms in total. The first kappa shape index (κ1) is 12.4. The lowest BCUT2D eigenvalue weighted by Crippen LogP contribution is -2.23. The fourth-order valence-corrected chi connectivity index (χ4v) is 2.17. The SMILES string of the molecule is Cc1ccc2c(C(=O)NCc3ccccc3)n[nH]c2c1. The number of nitrogens with one attached hydrogen (secondary N) is 2. The summed E-state index contributed by atoms with van der Waals surface area (Å²) < 4.78 is 0. The largest absolute Gasteiger partial charge is 0.347 e. The summed E-state index contributed by atoms with van der Waals surface area (Å²) >= 11 is 0. The fourth-order valence-electron chi connectivity index (χ4n) is 2.17. The van der Waals surface area contributed by atoms with Gasteiger partial charge in [-0.15, -0.1) is 0 Å². The van der Waals surface area contributed by atoms with Crippen LogP contribution in [0.15, 0.2) is 48.5 Å². The maximum Gasteiger partial charge on any atom is 0.272 e. The number of benzene rings is 2. The Labute approximate surface area is 116 Å². The van der Waals surface area contributed by atoms with Crippen molar-refractivity contribution in [1.82, 2.24) is 15.5 Å². The van der Waals surface area contributed by atoms with Crippen LogP contribution in [-0.4, -0.2) is 16.1 Å². The average Bonchev–Trinajstić information content (AvgIpc) is 2.89. The van der Waals surface area contributed by atoms with E-state index in [1.807, 2.05) is 55.5 Å². The summed E-state index contributed by atoms with van der Waals surface area (Å²) in [5, 5.41) is 10.7. The van der Waals surface area contributed by atoms with Gasteiger partial charge in [0.15, 0.2) is 5.69 Å². The first-order chi connectivity index (χ1) is 9.74. The van der Waals surface area contributed by atoms with Crippen molar-refractivity contribution in [3.63, 3.8) is 0 Å². The molecule has 0 fully saturated rings. The van der Waals surface area contributed by atoms with Gasteiger partial charge in [0.05, 0.1) is 5.52 Å². The number of aromatic nitrogens is 2. The van der Waals surface area contributed by atoms with Crippen LogP contribution in [-0.2, 0) is 6.54 Å². The van der Waals surface area contributed by atoms with Gasteiger partial charge in [-0.25, -0.2) is 0 Å². The highest BCUT2D eigenvalue weighted by molar-refractivity contribution is 6.04. The van der Waals surface area contributed by atoms with E-state index >= 15 is 0 Å². The summed E-state index contributed by atoms with van der Waals surface area (Å²) in [6, 6.07) is 15.7. The Morgan fingerprint density at radius 3 is 2.80 bits per heavy atom. The molecular weight excluding hydrogens is 250 g/mol. The summed E-state index contributed by atoms with van der Waals surface area (Å²) in [5.74, 6) is -0.163. The zero-order valence-corrected chi connectivity index (χ0v) is 11.2. The van der Waals surface area contributed by atoms with E-state index < -0.39 is 0 Å². The second-order valence-electron chi connectivity index (χ2n) is 4.79. The van der Waals surface area contributed by atoms with E-state index in [4.69, 9.17) is 0 Å². The molecule has 0 spiro atoms. The normalized spacial score (nSPS) is 10.7. The Balaban J connectivity index is 1.79. The quantitative estimate of drug-likeness (QED) is 0.765. The number of nitrogens with zero attached hydrogens (tertiary/aromatic N) is 1. The highest BCUT2D eigenvalue weighted by atomic mass is 16.1. The van der Waals surface area contributed by atoms with Crippen LogP contribution in [0.2, 0.25) is 0 Å². The molecule has 2 N–H and O–H groups in total. The number of H-pyrrole nitrogens is 1. The molecule has 4 heteroatoms. The number of carbonyl (C=O) groups excluding carboxylic acids is 1. The zero-order valence-electron chi connectivity index (χ0n) is 11.2. The van der Waals surface area contributed by atoms with Crippen LogP contribution < -0.4 is 5.32 Å². The minimum atomic E-state index is -0.163. The Kier molecular flexibility index (Phi) is 3.21. The number of fused-ring (bicyclic) bond motifs is 1. The van der Waals surface area contributed by atoms with E-state index in [0.29, 0.717) is 12.2 Å². The van der Waals surface area contributed by atoms with Crippen LogP contribution in [0.25, 0.3) is 10.9 Å². The number of aromatic amines is 1. The topological polar surface area (TPSA) is 57.8 Å². The van der Waals surface area contributed by atoms with Gasteiger partial charge in [0.2, 0.25) is 0 Å². The summed E-state index contributed by atoms with van der Waals surface area (Å²) in [7, 11) is 0. The molecule has 0 atom stereocenters. The lowest BCUT2D eigenvalue weighted by atomic mass is 10.1. The highest BCUT2D eigenvalue weighted by Gasteiger charge is 2.13. The van der Waals surface area contributed by atoms with Crippen LogP contribution in [0.1, 0.15) is 21.6 Å². The molecular formula is C16H15N3O. The van der Waals surface area contributed by atoms with Gasteiger partial charge < -0.3 is 5.32 Å². The molecule has 0 saturated carbocycles. The molecule has 3 rings (SSSR count). The van der Waals surface area contributed by atoms with Crippen molar-refractivity contribution >= 4 is 16.8 Å². The molecule has 100 valence electrons. The van der Waals surface area contributed by atoms with Crippen molar-refractivity contribution < 1.29 is 4.79 Å². The monoisotopic (exact) mass is 265 g/mol. The minimum absolute atomic E-state index is 0.163. The third kappa shape index (κ3) is 2.40. The molecule has 2 aromatic carbocycles. The first-order valence-electron chi connectivity index (χ1n) is 6.51. The van der Waals surface area contributed by atoms with Crippen molar-refractivity contribution in [3.05, 3.63) is 65.4 Å². The molecule has 0 aliphatic carbocycles. The number of hydrogen-bond acceptors (Lipinski definition) is 2. The van der Waals surface area contributed by atoms with Crippen LogP contribution in [0, 0.1) is 6.92 Å². The molecule has 20 heavy (non-hydrogen) atoms. The molecule has 3 aromatic rings. The van der Waals surface area contributed by atoms with E-state index in [9.17, 15) is 4.79 Å². The van der Waals surface area contributed by atoms with E-state index in [0.717, 1.165) is 22.0 Å². The Morgan fingerprint density at radius 2 is 2.00 bits per heavy atom. The van der Waals surface area contributed by atoms with Crippen molar-refractivity contribution in [1.29, 1.82) is 0 Å². The molecule has 0 aliphatic rings. The Hall–Kier alpha value is -2.62. The Bertz CT molecular complexity index is 747. The number of carbonyl (C=O) groups is 1. The van der Waals surface area contributed by atoms with Gasteiger partial charge in [-0.05, 0) is 24.1 Å². The van der Waals surface area contributed by atoms with Crippen LogP contribution >= 0.6 is 0 Å². The molecule has 0 bridgehead atoms. The zero-order chi connectivity index (χ0) is 13.9. The van der Waals surface area contributed by atoms with E-state index in [1.165, 1.54) is 0 Å². The van der Waals surface area contributed by atoms with Gasteiger partial charge in [0.1, 0.15) is 0 Å². The van der Waals surface area contributed by atoms with E-state index in [2.05, 4.69) is 15.5 Å². The first-order valence-corrected chi connectivity index (χ1v) is 6.51. The van der Waals surface area contributed by atoms with Crippen molar-refractivity contribution in [3.8, 4) is 0 Å². The second-order valence-corrected chi connectivity index (χ2v) is 4.79. The number of amides is 1. The average molecular weight is 265 g/mol. The van der Waals surface area contributed by atoms with Crippen LogP contribution in [0.5, 0.6) is 0 Å². The second kappa shape index (κ2) is 5.17. The standard InChI is InChI=1S/C16H15N3O/c1-11-7-8-13-14(9-11)18-19-15(13)16(20)17-10-12-5-3-2-4-6-12/h2-9H,10H2,1H3,(H,17,20)(H,18,19). The van der Waals surface area contributed by atoms with Gasteiger partial charge >= 0.3 is 0 Å². The smallest absolute Gasteiger partial charge is 0.272 e. The van der Waals surface area contributed by atoms with Crippen molar-refractivity contribution in [2.45, 2.75) is 13.5 Å². The van der Waals surface area contributed by atoms with Crippen molar-refractivity contribution in [2.75, 3.05) is 0 Å². The lowest BCUT2D eigenvalue weighted by molar-refractivity contribution is 0.0947. The summed E-state index contributed by atoms with van der Waals surface area (Å²) in [4.78, 5) is 12.2. The van der Waals surface area contributed by atoms with Gasteiger partial charge in [0.25, 0.3) is 5.91 Å². The molecule has 0 saturated heterocycles. The van der Waals surface area contributed by atoms with Crippen LogP contribution in [0.3, 0.4) is 0 Å². The van der Waals surface area contributed by atoms with Gasteiger partial charge in [-0.1, -0.05) is 42.5 Å². The van der Waals surface area contributed by atoms with Crippen molar-refractivity contribution in [2.24, 2.45) is 0 Å². The fraction of sp³-hybridized carbons (Fsp3) is 0.125. The predicted molar refractivity (Wildman–Crippen MR) is 78.4 cm³/mol. The molecule has 1 heterocycles. The van der Waals surface area contributed by atoms with Crippen LogP contribution in [0.4, 0.5) is 0 Å². The van der Waals surface area contributed by atoms with Gasteiger partial charge in [0, 0.05) is 11.9 Å². The molecule has 0 radical (unpaired) electrons. The number of rotatable bonds is 3. The summed E-state index contributed by atoms with van der Waals surface area (Å²) in [5.41, 5.74) is 3.53. The van der Waals surface area contributed by atoms with E-state index in [1.54, 1.807) is 0 Å². The van der Waals surface area contributed by atoms with Gasteiger partial charge in [-0.2, -0.15) is 5.10 Å². The predicted octanol–water partition coefficient (Wildman–Crippen LogP) is 2.80. The molecule has 0 unspecified atom stereocenters. The maximum absolute atomic E-state index is 12.2. The number of aryl methyl sites for hydroxylation is 1. The third-order valence-corrected chi connectivity index (χ3v) is 3.23. The lowest BCUT2D eigenvalue weighted by Gasteiger charge is -2.03. The molecule has 1 amide bonds. The summed E-state index contributed by atoms with van der Waals surface area (Å²) in [6.07, 6.45) is 0. The highest BCUT2D eigenvalue weighted by Crippen LogP contribution is 2.17. The number of hydrogen-bond donors (Lipinski definition) is 2. The Morgan fingerprint density at radius 1 is 1.20 bits per heavy atom. The molecule has 0 aliphatic heterocycles. The third-order valence-electron chi connectivity index (χ3n) is 3.23. The maximum atomic E-state index is 12.2. The summed E-state index contributed by atoms with van der Waals surface area (Å²) in [6.45, 7) is 2.51.